The number of hydrogen-bond donors (Lipinski definition) is 1. The Morgan fingerprint density at radius 1 is 1.54 bits per heavy atom. The minimum Gasteiger partial charge on any atom is -0.398 e. The molecule has 0 spiro atoms. The van der Waals surface area contributed by atoms with Gasteiger partial charge in [0.1, 0.15) is 11.8 Å². The first-order valence-electron chi connectivity index (χ1n) is 3.20. The number of alkyl halides is 2. The highest BCUT2D eigenvalue weighted by molar-refractivity contribution is 5.49. The van der Waals surface area contributed by atoms with E-state index in [0.717, 1.165) is 6.07 Å². The van der Waals surface area contributed by atoms with Gasteiger partial charge in [-0.25, -0.2) is 13.8 Å². The quantitative estimate of drug-likeness (QED) is 0.679. The van der Waals surface area contributed by atoms with E-state index in [1.165, 1.54) is 6.07 Å². The molecule has 0 bridgehead atoms. The van der Waals surface area contributed by atoms with Crippen LogP contribution in [0.15, 0.2) is 6.07 Å². The second-order valence-electron chi connectivity index (χ2n) is 2.21. The number of anilines is 1. The van der Waals surface area contributed by atoms with Crippen LogP contribution < -0.4 is 5.73 Å². The van der Waals surface area contributed by atoms with E-state index in [1.807, 2.05) is 0 Å². The molecular weight excluding hydrogens is 183 g/mol. The molecule has 2 N–H and O–H groups in total. The molecule has 1 aromatic rings. The van der Waals surface area contributed by atoms with E-state index in [2.05, 4.69) is 4.98 Å². The van der Waals surface area contributed by atoms with Crippen molar-refractivity contribution in [3.05, 3.63) is 23.3 Å². The fourth-order valence-corrected chi connectivity index (χ4v) is 0.816. The van der Waals surface area contributed by atoms with Crippen LogP contribution in [0.4, 0.5) is 18.9 Å². The Morgan fingerprint density at radius 2 is 2.15 bits per heavy atom. The number of nitriles is 1. The third-order valence-corrected chi connectivity index (χ3v) is 1.38. The number of rotatable bonds is 1. The first kappa shape index (κ1) is 9.32. The molecule has 0 aliphatic carbocycles. The Hall–Kier alpha value is -1.77. The van der Waals surface area contributed by atoms with Gasteiger partial charge < -0.3 is 5.73 Å². The first-order chi connectivity index (χ1) is 6.06. The summed E-state index contributed by atoms with van der Waals surface area (Å²) < 4.78 is 36.9. The molecule has 3 nitrogen and oxygen atoms in total. The molecule has 68 valence electrons. The lowest BCUT2D eigenvalue weighted by Gasteiger charge is -2.04. The molecule has 0 aromatic carbocycles. The predicted octanol–water partition coefficient (Wildman–Crippen LogP) is 1.61. The predicted molar refractivity (Wildman–Crippen MR) is 38.3 cm³/mol. The average Bonchev–Trinajstić information content (AvgIpc) is 2.02. The van der Waals surface area contributed by atoms with Crippen LogP contribution in [0.1, 0.15) is 17.7 Å². The SMILES string of the molecule is N#Cc1cc(N)c(C(F)F)c(F)n1. The third kappa shape index (κ3) is 1.69. The number of hydrogen-bond acceptors (Lipinski definition) is 3. The van der Waals surface area contributed by atoms with Crippen LogP contribution >= 0.6 is 0 Å². The van der Waals surface area contributed by atoms with Crippen molar-refractivity contribution >= 4 is 5.69 Å². The molecule has 0 unspecified atom stereocenters. The number of nitrogens with two attached hydrogens (primary N) is 1. The number of pyridine rings is 1. The van der Waals surface area contributed by atoms with Gasteiger partial charge in [-0.05, 0) is 6.07 Å². The maximum atomic E-state index is 12.7. The van der Waals surface area contributed by atoms with Crippen molar-refractivity contribution in [2.45, 2.75) is 6.43 Å². The molecule has 0 saturated carbocycles. The summed E-state index contributed by atoms with van der Waals surface area (Å²) in [6.45, 7) is 0. The summed E-state index contributed by atoms with van der Waals surface area (Å²) in [6, 6.07) is 2.41. The highest BCUT2D eigenvalue weighted by atomic mass is 19.3. The molecule has 0 fully saturated rings. The molecule has 0 aliphatic rings. The summed E-state index contributed by atoms with van der Waals surface area (Å²) in [5.41, 5.74) is 3.35. The minimum absolute atomic E-state index is 0.320. The summed E-state index contributed by atoms with van der Waals surface area (Å²) in [7, 11) is 0. The molecule has 1 rings (SSSR count). The topological polar surface area (TPSA) is 62.7 Å². The van der Waals surface area contributed by atoms with Gasteiger partial charge in [-0.15, -0.1) is 0 Å². The maximum absolute atomic E-state index is 12.7. The van der Waals surface area contributed by atoms with E-state index < -0.39 is 23.6 Å². The summed E-state index contributed by atoms with van der Waals surface area (Å²) in [6.07, 6.45) is -3.03. The van der Waals surface area contributed by atoms with Crippen LogP contribution in [0.3, 0.4) is 0 Å². The van der Waals surface area contributed by atoms with Crippen molar-refractivity contribution < 1.29 is 13.2 Å². The van der Waals surface area contributed by atoms with E-state index in [1.54, 1.807) is 0 Å². The number of aromatic nitrogens is 1. The molecule has 0 aliphatic heterocycles. The van der Waals surface area contributed by atoms with Crippen LogP contribution in [-0.2, 0) is 0 Å². The van der Waals surface area contributed by atoms with Gasteiger partial charge in [0.25, 0.3) is 6.43 Å². The highest BCUT2D eigenvalue weighted by Crippen LogP contribution is 2.26. The van der Waals surface area contributed by atoms with Crippen LogP contribution in [0, 0.1) is 17.3 Å². The van der Waals surface area contributed by atoms with Crippen LogP contribution in [-0.4, -0.2) is 4.98 Å². The molecule has 0 atom stereocenters. The van der Waals surface area contributed by atoms with Gasteiger partial charge in [-0.3, -0.25) is 0 Å². The van der Waals surface area contributed by atoms with Gasteiger partial charge >= 0.3 is 0 Å². The zero-order valence-corrected chi connectivity index (χ0v) is 6.26. The Balaban J connectivity index is 3.33. The largest absolute Gasteiger partial charge is 0.398 e. The fourth-order valence-electron chi connectivity index (χ4n) is 0.816. The molecule has 1 heterocycles. The van der Waals surface area contributed by atoms with Gasteiger partial charge in [0.15, 0.2) is 0 Å². The lowest BCUT2D eigenvalue weighted by atomic mass is 10.2. The van der Waals surface area contributed by atoms with Crippen molar-refractivity contribution in [2.75, 3.05) is 5.73 Å². The Morgan fingerprint density at radius 3 is 2.54 bits per heavy atom. The van der Waals surface area contributed by atoms with Crippen molar-refractivity contribution in [3.8, 4) is 6.07 Å². The molecule has 0 amide bonds. The Bertz CT molecular complexity index is 347. The second-order valence-corrected chi connectivity index (χ2v) is 2.21. The molecule has 13 heavy (non-hydrogen) atoms. The van der Waals surface area contributed by atoms with E-state index in [4.69, 9.17) is 11.0 Å². The summed E-state index contributed by atoms with van der Waals surface area (Å²) in [5.74, 6) is -1.40. The number of halogens is 3. The van der Waals surface area contributed by atoms with Crippen molar-refractivity contribution in [3.63, 3.8) is 0 Å². The van der Waals surface area contributed by atoms with E-state index in [-0.39, 0.29) is 5.69 Å². The van der Waals surface area contributed by atoms with Crippen molar-refractivity contribution in [1.82, 2.24) is 4.98 Å². The summed E-state index contributed by atoms with van der Waals surface area (Å²) in [4.78, 5) is 2.99. The Kier molecular flexibility index (Phi) is 2.37. The van der Waals surface area contributed by atoms with Gasteiger partial charge in [0.2, 0.25) is 5.95 Å². The minimum atomic E-state index is -3.03. The van der Waals surface area contributed by atoms with Gasteiger partial charge in [-0.2, -0.15) is 9.65 Å². The second kappa shape index (κ2) is 3.31. The highest BCUT2D eigenvalue weighted by Gasteiger charge is 2.19. The molecule has 1 aromatic heterocycles. The van der Waals surface area contributed by atoms with Gasteiger partial charge in [-0.1, -0.05) is 0 Å². The molecular formula is C7H4F3N3. The van der Waals surface area contributed by atoms with E-state index in [0.29, 0.717) is 0 Å². The van der Waals surface area contributed by atoms with Crippen molar-refractivity contribution in [2.24, 2.45) is 0 Å². The smallest absolute Gasteiger partial charge is 0.270 e. The fraction of sp³-hybridized carbons (Fsp3) is 0.143. The molecule has 0 saturated heterocycles. The van der Waals surface area contributed by atoms with Gasteiger partial charge in [0, 0.05) is 5.69 Å². The zero-order valence-electron chi connectivity index (χ0n) is 6.26. The summed E-state index contributed by atoms with van der Waals surface area (Å²) in [5, 5.41) is 8.29. The maximum Gasteiger partial charge on any atom is 0.270 e. The van der Waals surface area contributed by atoms with E-state index in [9.17, 15) is 13.2 Å². The van der Waals surface area contributed by atoms with Gasteiger partial charge in [0.05, 0.1) is 5.56 Å². The number of nitrogens with zero attached hydrogens (tertiary/aromatic N) is 2. The standard InChI is InChI=1S/C7H4F3N3/c8-6(9)5-4(12)1-3(2-11)13-7(5)10/h1,6H,(H2,12,13). The summed E-state index contributed by atoms with van der Waals surface area (Å²) >= 11 is 0. The first-order valence-corrected chi connectivity index (χ1v) is 3.20. The normalized spacial score (nSPS) is 10.1. The Labute approximate surface area is 71.6 Å². The lowest BCUT2D eigenvalue weighted by Crippen LogP contribution is -2.03. The van der Waals surface area contributed by atoms with Crippen LogP contribution in [0.2, 0.25) is 0 Å². The third-order valence-electron chi connectivity index (χ3n) is 1.38. The van der Waals surface area contributed by atoms with E-state index >= 15 is 0 Å². The molecule has 0 radical (unpaired) electrons. The zero-order chi connectivity index (χ0) is 10.0. The molecule has 6 heteroatoms. The average molecular weight is 187 g/mol. The number of nitrogen functional groups attached to an aromatic ring is 1. The van der Waals surface area contributed by atoms with Crippen LogP contribution in [0.5, 0.6) is 0 Å². The van der Waals surface area contributed by atoms with Crippen molar-refractivity contribution in [1.29, 1.82) is 5.26 Å². The monoisotopic (exact) mass is 187 g/mol. The lowest BCUT2D eigenvalue weighted by molar-refractivity contribution is 0.146. The van der Waals surface area contributed by atoms with Crippen LogP contribution in [0.25, 0.3) is 0 Å².